The fourth-order valence-electron chi connectivity index (χ4n) is 2.09. The van der Waals surface area contributed by atoms with Gasteiger partial charge in [-0.3, -0.25) is 4.90 Å². The molecule has 4 nitrogen and oxygen atoms in total. The average molecular weight is 236 g/mol. The van der Waals surface area contributed by atoms with Gasteiger partial charge in [0.05, 0.1) is 18.9 Å². The predicted molar refractivity (Wildman–Crippen MR) is 68.1 cm³/mol. The number of nitrogen functional groups attached to an aromatic ring is 1. The van der Waals surface area contributed by atoms with Crippen molar-refractivity contribution in [3.8, 4) is 5.75 Å². The van der Waals surface area contributed by atoms with Crippen LogP contribution in [-0.2, 0) is 11.2 Å². The van der Waals surface area contributed by atoms with E-state index in [9.17, 15) is 5.11 Å². The highest BCUT2D eigenvalue weighted by Gasteiger charge is 2.09. The van der Waals surface area contributed by atoms with Crippen molar-refractivity contribution in [2.75, 3.05) is 38.6 Å². The molecule has 2 rings (SSSR count). The zero-order chi connectivity index (χ0) is 12.1. The summed E-state index contributed by atoms with van der Waals surface area (Å²) in [6, 6.07) is 5.46. The molecule has 0 aromatic heterocycles. The topological polar surface area (TPSA) is 58.7 Å². The van der Waals surface area contributed by atoms with Crippen molar-refractivity contribution < 1.29 is 9.84 Å². The van der Waals surface area contributed by atoms with Crippen molar-refractivity contribution in [1.82, 2.24) is 4.90 Å². The first kappa shape index (κ1) is 12.2. The Morgan fingerprint density at radius 1 is 1.29 bits per heavy atom. The van der Waals surface area contributed by atoms with Gasteiger partial charge in [0.1, 0.15) is 5.75 Å². The van der Waals surface area contributed by atoms with Crippen molar-refractivity contribution in [2.45, 2.75) is 12.8 Å². The van der Waals surface area contributed by atoms with Gasteiger partial charge in [-0.2, -0.15) is 0 Å². The number of phenolic OH excluding ortho intramolecular Hbond substituents is 1. The minimum Gasteiger partial charge on any atom is -0.506 e. The molecule has 4 heteroatoms. The minimum absolute atomic E-state index is 0.168. The van der Waals surface area contributed by atoms with Crippen LogP contribution in [0.1, 0.15) is 12.0 Å². The molecular formula is C13H20N2O2. The van der Waals surface area contributed by atoms with Crippen LogP contribution in [0.3, 0.4) is 0 Å². The number of phenols is 1. The van der Waals surface area contributed by atoms with Gasteiger partial charge in [0, 0.05) is 13.1 Å². The van der Waals surface area contributed by atoms with E-state index in [4.69, 9.17) is 10.5 Å². The maximum atomic E-state index is 9.33. The number of nitrogens with two attached hydrogens (primary N) is 1. The second-order valence-corrected chi connectivity index (χ2v) is 4.45. The number of aryl methyl sites for hydroxylation is 1. The third-order valence-corrected chi connectivity index (χ3v) is 3.14. The van der Waals surface area contributed by atoms with E-state index in [1.807, 2.05) is 12.1 Å². The molecule has 0 spiro atoms. The zero-order valence-corrected chi connectivity index (χ0v) is 10.1. The second kappa shape index (κ2) is 5.89. The Morgan fingerprint density at radius 3 is 2.76 bits per heavy atom. The van der Waals surface area contributed by atoms with Gasteiger partial charge in [0.2, 0.25) is 0 Å². The number of hydrogen-bond donors (Lipinski definition) is 2. The fourth-order valence-corrected chi connectivity index (χ4v) is 2.09. The van der Waals surface area contributed by atoms with Crippen LogP contribution < -0.4 is 5.73 Å². The Hall–Kier alpha value is -1.26. The van der Waals surface area contributed by atoms with Gasteiger partial charge < -0.3 is 15.6 Å². The van der Waals surface area contributed by atoms with Crippen molar-refractivity contribution in [2.24, 2.45) is 0 Å². The smallest absolute Gasteiger partial charge is 0.138 e. The Morgan fingerprint density at radius 2 is 2.06 bits per heavy atom. The van der Waals surface area contributed by atoms with Crippen molar-refractivity contribution in [3.63, 3.8) is 0 Å². The van der Waals surface area contributed by atoms with Gasteiger partial charge in [-0.15, -0.1) is 0 Å². The first-order valence-corrected chi connectivity index (χ1v) is 6.13. The first-order valence-electron chi connectivity index (χ1n) is 6.13. The summed E-state index contributed by atoms with van der Waals surface area (Å²) in [5.41, 5.74) is 7.31. The van der Waals surface area contributed by atoms with Crippen LogP contribution in [0.2, 0.25) is 0 Å². The molecule has 0 bridgehead atoms. The van der Waals surface area contributed by atoms with Gasteiger partial charge >= 0.3 is 0 Å². The molecule has 0 radical (unpaired) electrons. The molecule has 0 unspecified atom stereocenters. The zero-order valence-electron chi connectivity index (χ0n) is 10.1. The number of ether oxygens (including phenoxy) is 1. The highest BCUT2D eigenvalue weighted by molar-refractivity contribution is 5.53. The number of benzene rings is 1. The molecular weight excluding hydrogens is 216 g/mol. The molecule has 1 aromatic rings. The van der Waals surface area contributed by atoms with Gasteiger partial charge in [-0.05, 0) is 37.1 Å². The summed E-state index contributed by atoms with van der Waals surface area (Å²) in [6.07, 6.45) is 2.12. The molecule has 1 aliphatic heterocycles. The summed E-state index contributed by atoms with van der Waals surface area (Å²) in [5, 5.41) is 9.33. The summed E-state index contributed by atoms with van der Waals surface area (Å²) >= 11 is 0. The monoisotopic (exact) mass is 236 g/mol. The van der Waals surface area contributed by atoms with E-state index in [1.165, 1.54) is 5.56 Å². The highest BCUT2D eigenvalue weighted by Crippen LogP contribution is 2.21. The van der Waals surface area contributed by atoms with Crippen LogP contribution in [0, 0.1) is 0 Å². The van der Waals surface area contributed by atoms with E-state index in [-0.39, 0.29) is 5.75 Å². The first-order chi connectivity index (χ1) is 8.25. The predicted octanol–water partition coefficient (Wildman–Crippen LogP) is 1.24. The number of aromatic hydroxyl groups is 1. The van der Waals surface area contributed by atoms with Crippen LogP contribution in [0.15, 0.2) is 18.2 Å². The minimum atomic E-state index is 0.168. The van der Waals surface area contributed by atoms with E-state index < -0.39 is 0 Å². The molecule has 3 N–H and O–H groups in total. The molecule has 1 heterocycles. The summed E-state index contributed by atoms with van der Waals surface area (Å²) in [7, 11) is 0. The van der Waals surface area contributed by atoms with Crippen LogP contribution in [0.4, 0.5) is 5.69 Å². The normalized spacial score (nSPS) is 17.2. The summed E-state index contributed by atoms with van der Waals surface area (Å²) in [5.74, 6) is 0.168. The molecule has 0 saturated carbocycles. The summed E-state index contributed by atoms with van der Waals surface area (Å²) in [6.45, 7) is 4.89. The number of hydrogen-bond acceptors (Lipinski definition) is 4. The lowest BCUT2D eigenvalue weighted by molar-refractivity contribution is 0.0375. The fraction of sp³-hybridized carbons (Fsp3) is 0.538. The number of morpholine rings is 1. The summed E-state index contributed by atoms with van der Waals surface area (Å²) < 4.78 is 5.31. The molecule has 17 heavy (non-hydrogen) atoms. The van der Waals surface area contributed by atoms with Crippen LogP contribution >= 0.6 is 0 Å². The van der Waals surface area contributed by atoms with Gasteiger partial charge in [0.15, 0.2) is 0 Å². The Kier molecular flexibility index (Phi) is 4.23. The summed E-state index contributed by atoms with van der Waals surface area (Å²) in [4.78, 5) is 2.42. The van der Waals surface area contributed by atoms with E-state index in [1.54, 1.807) is 6.07 Å². The Labute approximate surface area is 102 Å². The lowest BCUT2D eigenvalue weighted by Crippen LogP contribution is -2.36. The van der Waals surface area contributed by atoms with E-state index in [2.05, 4.69) is 4.90 Å². The van der Waals surface area contributed by atoms with Crippen LogP contribution in [0.5, 0.6) is 5.75 Å². The van der Waals surface area contributed by atoms with E-state index >= 15 is 0 Å². The molecule has 0 aliphatic carbocycles. The van der Waals surface area contributed by atoms with Gasteiger partial charge in [-0.25, -0.2) is 0 Å². The molecule has 94 valence electrons. The largest absolute Gasteiger partial charge is 0.506 e. The second-order valence-electron chi connectivity index (χ2n) is 4.45. The highest BCUT2D eigenvalue weighted by atomic mass is 16.5. The Balaban J connectivity index is 1.75. The standard InChI is InChI=1S/C13H20N2O2/c14-12-10-11(3-4-13(12)16)2-1-5-15-6-8-17-9-7-15/h3-4,10,16H,1-2,5-9,14H2. The number of nitrogens with zero attached hydrogens (tertiary/aromatic N) is 1. The van der Waals surface area contributed by atoms with Crippen molar-refractivity contribution in [1.29, 1.82) is 0 Å². The molecule has 1 saturated heterocycles. The van der Waals surface area contributed by atoms with Crippen molar-refractivity contribution >= 4 is 5.69 Å². The third kappa shape index (κ3) is 3.61. The number of anilines is 1. The average Bonchev–Trinajstić information content (AvgIpc) is 2.35. The molecule has 0 amide bonds. The third-order valence-electron chi connectivity index (χ3n) is 3.14. The lowest BCUT2D eigenvalue weighted by atomic mass is 10.1. The van der Waals surface area contributed by atoms with Gasteiger partial charge in [-0.1, -0.05) is 6.07 Å². The quantitative estimate of drug-likeness (QED) is 0.610. The molecule has 1 aliphatic rings. The maximum absolute atomic E-state index is 9.33. The lowest BCUT2D eigenvalue weighted by Gasteiger charge is -2.26. The van der Waals surface area contributed by atoms with Gasteiger partial charge in [0.25, 0.3) is 0 Å². The SMILES string of the molecule is Nc1cc(CCCN2CCOCC2)ccc1O. The van der Waals surface area contributed by atoms with E-state index in [0.717, 1.165) is 45.7 Å². The van der Waals surface area contributed by atoms with Crippen LogP contribution in [0.25, 0.3) is 0 Å². The molecule has 1 aromatic carbocycles. The maximum Gasteiger partial charge on any atom is 0.138 e. The Bertz CT molecular complexity index is 362. The van der Waals surface area contributed by atoms with Crippen molar-refractivity contribution in [3.05, 3.63) is 23.8 Å². The molecule has 0 atom stereocenters. The molecule has 1 fully saturated rings. The van der Waals surface area contributed by atoms with Crippen LogP contribution in [-0.4, -0.2) is 42.9 Å². The number of rotatable bonds is 4. The van der Waals surface area contributed by atoms with E-state index in [0.29, 0.717) is 5.69 Å².